The summed E-state index contributed by atoms with van der Waals surface area (Å²) >= 11 is 3.42. The SMILES string of the molecule is Cc1cc(C)cc([C@@H](O)c2cccc(Br)c2)c1. The molecule has 0 heterocycles. The minimum absolute atomic E-state index is 0.564. The van der Waals surface area contributed by atoms with Gasteiger partial charge in [-0.3, -0.25) is 0 Å². The predicted octanol–water partition coefficient (Wildman–Crippen LogP) is 4.15. The lowest BCUT2D eigenvalue weighted by Crippen LogP contribution is -2.00. The molecule has 0 saturated heterocycles. The van der Waals surface area contributed by atoms with E-state index in [9.17, 15) is 5.11 Å². The van der Waals surface area contributed by atoms with Crippen LogP contribution in [0.25, 0.3) is 0 Å². The zero-order chi connectivity index (χ0) is 12.4. The van der Waals surface area contributed by atoms with Crippen molar-refractivity contribution in [1.82, 2.24) is 0 Å². The van der Waals surface area contributed by atoms with Gasteiger partial charge in [-0.15, -0.1) is 0 Å². The fourth-order valence-corrected chi connectivity index (χ4v) is 2.45. The summed E-state index contributed by atoms with van der Waals surface area (Å²) in [5.74, 6) is 0. The lowest BCUT2D eigenvalue weighted by atomic mass is 9.98. The molecule has 1 nitrogen and oxygen atoms in total. The van der Waals surface area contributed by atoms with Crippen molar-refractivity contribution >= 4 is 15.9 Å². The molecule has 0 spiro atoms. The Morgan fingerprint density at radius 2 is 1.59 bits per heavy atom. The Labute approximate surface area is 110 Å². The topological polar surface area (TPSA) is 20.2 Å². The van der Waals surface area contributed by atoms with Crippen LogP contribution in [-0.4, -0.2) is 5.11 Å². The monoisotopic (exact) mass is 290 g/mol. The third-order valence-corrected chi connectivity index (χ3v) is 3.22. The van der Waals surface area contributed by atoms with Crippen molar-refractivity contribution in [2.45, 2.75) is 20.0 Å². The first-order valence-electron chi connectivity index (χ1n) is 5.58. The van der Waals surface area contributed by atoms with E-state index in [4.69, 9.17) is 0 Å². The Hall–Kier alpha value is -1.12. The highest BCUT2D eigenvalue weighted by atomic mass is 79.9. The van der Waals surface area contributed by atoms with Crippen molar-refractivity contribution in [3.8, 4) is 0 Å². The van der Waals surface area contributed by atoms with Gasteiger partial charge in [0.15, 0.2) is 0 Å². The molecular formula is C15H15BrO. The molecule has 0 aliphatic rings. The summed E-state index contributed by atoms with van der Waals surface area (Å²) in [7, 11) is 0. The summed E-state index contributed by atoms with van der Waals surface area (Å²) in [4.78, 5) is 0. The standard InChI is InChI=1S/C15H15BrO/c1-10-6-11(2)8-13(7-10)15(17)12-4-3-5-14(16)9-12/h3-9,15,17H,1-2H3/t15-/m0/s1. The zero-order valence-electron chi connectivity index (χ0n) is 9.94. The highest BCUT2D eigenvalue weighted by molar-refractivity contribution is 9.10. The molecule has 0 fully saturated rings. The van der Waals surface area contributed by atoms with E-state index < -0.39 is 6.10 Å². The molecule has 2 heteroatoms. The molecule has 0 radical (unpaired) electrons. The van der Waals surface area contributed by atoms with E-state index in [1.54, 1.807) is 0 Å². The molecule has 0 bridgehead atoms. The third kappa shape index (κ3) is 2.96. The molecular weight excluding hydrogens is 276 g/mol. The average molecular weight is 291 g/mol. The summed E-state index contributed by atoms with van der Waals surface area (Å²) in [5, 5.41) is 10.3. The minimum atomic E-state index is -0.564. The first-order chi connectivity index (χ1) is 8.06. The van der Waals surface area contributed by atoms with Crippen LogP contribution >= 0.6 is 15.9 Å². The quantitative estimate of drug-likeness (QED) is 0.881. The van der Waals surface area contributed by atoms with Gasteiger partial charge >= 0.3 is 0 Å². The van der Waals surface area contributed by atoms with Crippen LogP contribution < -0.4 is 0 Å². The van der Waals surface area contributed by atoms with Crippen molar-refractivity contribution in [2.24, 2.45) is 0 Å². The molecule has 0 unspecified atom stereocenters. The van der Waals surface area contributed by atoms with Crippen LogP contribution in [0.4, 0.5) is 0 Å². The van der Waals surface area contributed by atoms with Crippen molar-refractivity contribution in [3.05, 3.63) is 69.2 Å². The first kappa shape index (κ1) is 12.3. The van der Waals surface area contributed by atoms with E-state index in [2.05, 4.69) is 22.0 Å². The van der Waals surface area contributed by atoms with E-state index in [1.165, 1.54) is 11.1 Å². The zero-order valence-corrected chi connectivity index (χ0v) is 11.5. The van der Waals surface area contributed by atoms with Crippen molar-refractivity contribution < 1.29 is 5.11 Å². The van der Waals surface area contributed by atoms with Crippen LogP contribution in [0.5, 0.6) is 0 Å². The molecule has 0 aliphatic carbocycles. The number of benzene rings is 2. The second-order valence-corrected chi connectivity index (χ2v) is 5.29. The van der Waals surface area contributed by atoms with Gasteiger partial charge in [0.25, 0.3) is 0 Å². The summed E-state index contributed by atoms with van der Waals surface area (Å²) in [6.45, 7) is 4.09. The number of rotatable bonds is 2. The lowest BCUT2D eigenvalue weighted by molar-refractivity contribution is 0.220. The summed E-state index contributed by atoms with van der Waals surface area (Å²) in [5.41, 5.74) is 4.20. The fraction of sp³-hybridized carbons (Fsp3) is 0.200. The second-order valence-electron chi connectivity index (χ2n) is 4.38. The Bertz CT molecular complexity index is 514. The molecule has 0 saturated carbocycles. The molecule has 1 N–H and O–H groups in total. The number of aryl methyl sites for hydroxylation is 2. The van der Waals surface area contributed by atoms with Crippen LogP contribution in [0.3, 0.4) is 0 Å². The maximum absolute atomic E-state index is 10.3. The average Bonchev–Trinajstić information content (AvgIpc) is 2.26. The first-order valence-corrected chi connectivity index (χ1v) is 6.37. The third-order valence-electron chi connectivity index (χ3n) is 2.72. The van der Waals surface area contributed by atoms with Gasteiger partial charge in [-0.05, 0) is 37.1 Å². The van der Waals surface area contributed by atoms with Crippen molar-refractivity contribution in [1.29, 1.82) is 0 Å². The number of hydrogen-bond donors (Lipinski definition) is 1. The maximum Gasteiger partial charge on any atom is 0.104 e. The van der Waals surface area contributed by atoms with E-state index in [1.807, 2.05) is 50.2 Å². The normalized spacial score (nSPS) is 12.5. The predicted molar refractivity (Wildman–Crippen MR) is 74.1 cm³/mol. The van der Waals surface area contributed by atoms with Gasteiger partial charge in [0.2, 0.25) is 0 Å². The van der Waals surface area contributed by atoms with Gasteiger partial charge < -0.3 is 5.11 Å². The van der Waals surface area contributed by atoms with Gasteiger partial charge in [0.1, 0.15) is 6.10 Å². The molecule has 0 aliphatic heterocycles. The summed E-state index contributed by atoms with van der Waals surface area (Å²) < 4.78 is 0.985. The van der Waals surface area contributed by atoms with Gasteiger partial charge in [0, 0.05) is 4.47 Å². The summed E-state index contributed by atoms with van der Waals surface area (Å²) in [6, 6.07) is 13.9. The van der Waals surface area contributed by atoms with E-state index in [0.29, 0.717) is 0 Å². The number of aliphatic hydroxyl groups excluding tert-OH is 1. The highest BCUT2D eigenvalue weighted by Gasteiger charge is 2.11. The van der Waals surface area contributed by atoms with E-state index in [-0.39, 0.29) is 0 Å². The molecule has 2 aromatic carbocycles. The lowest BCUT2D eigenvalue weighted by Gasteiger charge is -2.13. The van der Waals surface area contributed by atoms with Crippen LogP contribution in [0.2, 0.25) is 0 Å². The van der Waals surface area contributed by atoms with Gasteiger partial charge in [0.05, 0.1) is 0 Å². The maximum atomic E-state index is 10.3. The number of hydrogen-bond acceptors (Lipinski definition) is 1. The Morgan fingerprint density at radius 3 is 2.18 bits per heavy atom. The van der Waals surface area contributed by atoms with Gasteiger partial charge in [-0.2, -0.15) is 0 Å². The molecule has 17 heavy (non-hydrogen) atoms. The van der Waals surface area contributed by atoms with Gasteiger partial charge in [-0.1, -0.05) is 57.4 Å². The Balaban J connectivity index is 2.39. The van der Waals surface area contributed by atoms with E-state index >= 15 is 0 Å². The second kappa shape index (κ2) is 5.03. The Morgan fingerprint density at radius 1 is 0.941 bits per heavy atom. The van der Waals surface area contributed by atoms with Crippen LogP contribution in [0, 0.1) is 13.8 Å². The van der Waals surface area contributed by atoms with Crippen molar-refractivity contribution in [3.63, 3.8) is 0 Å². The highest BCUT2D eigenvalue weighted by Crippen LogP contribution is 2.25. The van der Waals surface area contributed by atoms with Crippen LogP contribution in [-0.2, 0) is 0 Å². The summed E-state index contributed by atoms with van der Waals surface area (Å²) in [6.07, 6.45) is -0.564. The molecule has 0 amide bonds. The molecule has 2 rings (SSSR count). The smallest absolute Gasteiger partial charge is 0.104 e. The molecule has 1 atom stereocenters. The Kier molecular flexibility index (Phi) is 3.65. The van der Waals surface area contributed by atoms with Gasteiger partial charge in [-0.25, -0.2) is 0 Å². The van der Waals surface area contributed by atoms with Crippen molar-refractivity contribution in [2.75, 3.05) is 0 Å². The molecule has 0 aromatic heterocycles. The van der Waals surface area contributed by atoms with Crippen LogP contribution in [0.15, 0.2) is 46.9 Å². The van der Waals surface area contributed by atoms with E-state index in [0.717, 1.165) is 15.6 Å². The molecule has 88 valence electrons. The number of halogens is 1. The largest absolute Gasteiger partial charge is 0.384 e. The molecule has 2 aromatic rings. The minimum Gasteiger partial charge on any atom is -0.384 e. The fourth-order valence-electron chi connectivity index (χ4n) is 2.04. The van der Waals surface area contributed by atoms with Crippen LogP contribution in [0.1, 0.15) is 28.4 Å². The number of aliphatic hydroxyl groups is 1.